The molecule has 0 amide bonds. The van der Waals surface area contributed by atoms with E-state index in [1.807, 2.05) is 0 Å². The molecule has 1 saturated carbocycles. The lowest BCUT2D eigenvalue weighted by atomic mass is 10.0. The number of rotatable bonds is 4. The van der Waals surface area contributed by atoms with Crippen molar-refractivity contribution in [2.45, 2.75) is 24.4 Å². The highest BCUT2D eigenvalue weighted by molar-refractivity contribution is 5.45. The molecule has 144 valence electrons. The second kappa shape index (κ2) is 6.81. The molecule has 2 heterocycles. The van der Waals surface area contributed by atoms with E-state index in [0.717, 1.165) is 18.7 Å². The molecule has 1 fully saturated rings. The summed E-state index contributed by atoms with van der Waals surface area (Å²) in [4.78, 5) is 16.6. The van der Waals surface area contributed by atoms with Crippen molar-refractivity contribution in [3.05, 3.63) is 65.5 Å². The molecule has 0 saturated heterocycles. The van der Waals surface area contributed by atoms with Crippen molar-refractivity contribution in [2.75, 3.05) is 7.11 Å². The molecule has 0 bridgehead atoms. The monoisotopic (exact) mass is 390 g/mol. The van der Waals surface area contributed by atoms with Gasteiger partial charge in [-0.3, -0.25) is 0 Å². The van der Waals surface area contributed by atoms with Crippen molar-refractivity contribution in [1.82, 2.24) is 19.9 Å². The highest BCUT2D eigenvalue weighted by atomic mass is 19.4. The summed E-state index contributed by atoms with van der Waals surface area (Å²) in [6.07, 6.45) is 2.23. The smallest absolute Gasteiger partial charge is 0.419 e. The maximum Gasteiger partial charge on any atom is 0.419 e. The van der Waals surface area contributed by atoms with Crippen LogP contribution in [0.15, 0.2) is 43.0 Å². The van der Waals surface area contributed by atoms with Gasteiger partial charge in [-0.05, 0) is 47.6 Å². The number of methoxy groups -OCH3 is 1. The molecule has 5 nitrogen and oxygen atoms in total. The van der Waals surface area contributed by atoms with Crippen molar-refractivity contribution in [3.63, 3.8) is 0 Å². The van der Waals surface area contributed by atoms with Gasteiger partial charge in [-0.15, -0.1) is 0 Å². The molecule has 0 spiro atoms. The number of nitrogens with zero attached hydrogens (tertiary/aromatic N) is 4. The van der Waals surface area contributed by atoms with Crippen LogP contribution in [0.1, 0.15) is 34.9 Å². The van der Waals surface area contributed by atoms with Crippen molar-refractivity contribution in [2.24, 2.45) is 0 Å². The molecule has 0 radical (unpaired) electrons. The Hall–Kier alpha value is -3.10. The van der Waals surface area contributed by atoms with Gasteiger partial charge in [-0.1, -0.05) is 0 Å². The number of hydrogen-bond acceptors (Lipinski definition) is 5. The molecular weight excluding hydrogens is 376 g/mol. The van der Waals surface area contributed by atoms with Crippen LogP contribution in [0.4, 0.5) is 17.6 Å². The third-order valence-electron chi connectivity index (χ3n) is 4.67. The highest BCUT2D eigenvalue weighted by Gasteiger charge is 2.43. The van der Waals surface area contributed by atoms with Gasteiger partial charge in [-0.2, -0.15) is 13.2 Å². The zero-order valence-electron chi connectivity index (χ0n) is 14.6. The Balaban J connectivity index is 1.59. The van der Waals surface area contributed by atoms with Gasteiger partial charge in [0, 0.05) is 24.8 Å². The third-order valence-corrected chi connectivity index (χ3v) is 4.67. The number of ether oxygens (including phenoxy) is 1. The number of benzene rings is 1. The molecule has 4 rings (SSSR count). The predicted molar refractivity (Wildman–Crippen MR) is 91.1 cm³/mol. The molecule has 1 aromatic carbocycles. The molecule has 1 aliphatic carbocycles. The van der Waals surface area contributed by atoms with Gasteiger partial charge in [0.1, 0.15) is 0 Å². The summed E-state index contributed by atoms with van der Waals surface area (Å²) >= 11 is 0. The SMILES string of the molecule is COc1cc([C@@H]2C[C@H]2c2cnc(-c3ncccn3)nc2)cc(C(F)(F)F)c1F. The topological polar surface area (TPSA) is 60.8 Å². The van der Waals surface area contributed by atoms with E-state index in [-0.39, 0.29) is 11.8 Å². The Morgan fingerprint density at radius 1 is 0.929 bits per heavy atom. The van der Waals surface area contributed by atoms with Crippen LogP contribution in [0, 0.1) is 5.82 Å². The first-order valence-corrected chi connectivity index (χ1v) is 8.42. The summed E-state index contributed by atoms with van der Waals surface area (Å²) in [6, 6.07) is 3.86. The van der Waals surface area contributed by atoms with E-state index in [9.17, 15) is 17.6 Å². The summed E-state index contributed by atoms with van der Waals surface area (Å²) in [7, 11) is 1.14. The zero-order valence-corrected chi connectivity index (χ0v) is 14.6. The average molecular weight is 390 g/mol. The van der Waals surface area contributed by atoms with Gasteiger partial charge in [0.25, 0.3) is 0 Å². The summed E-state index contributed by atoms with van der Waals surface area (Å²) in [5.41, 5.74) is -0.145. The highest BCUT2D eigenvalue weighted by Crippen LogP contribution is 2.55. The minimum atomic E-state index is -4.79. The zero-order chi connectivity index (χ0) is 19.9. The van der Waals surface area contributed by atoms with E-state index in [2.05, 4.69) is 19.9 Å². The first kappa shape index (κ1) is 18.3. The maximum atomic E-state index is 14.0. The van der Waals surface area contributed by atoms with Gasteiger partial charge in [0.05, 0.1) is 12.7 Å². The molecule has 3 aromatic rings. The first-order chi connectivity index (χ1) is 13.4. The maximum absolute atomic E-state index is 14.0. The van der Waals surface area contributed by atoms with Gasteiger partial charge < -0.3 is 4.74 Å². The van der Waals surface area contributed by atoms with Gasteiger partial charge >= 0.3 is 6.18 Å². The van der Waals surface area contributed by atoms with Gasteiger partial charge in [0.15, 0.2) is 23.2 Å². The van der Waals surface area contributed by atoms with E-state index in [4.69, 9.17) is 4.74 Å². The van der Waals surface area contributed by atoms with Crippen LogP contribution >= 0.6 is 0 Å². The average Bonchev–Trinajstić information content (AvgIpc) is 3.49. The van der Waals surface area contributed by atoms with Crippen LogP contribution in [0.3, 0.4) is 0 Å². The Labute approximate surface area is 157 Å². The summed E-state index contributed by atoms with van der Waals surface area (Å²) in [5, 5.41) is 0. The lowest BCUT2D eigenvalue weighted by molar-refractivity contribution is -0.140. The van der Waals surface area contributed by atoms with E-state index < -0.39 is 23.3 Å². The third kappa shape index (κ3) is 3.39. The lowest BCUT2D eigenvalue weighted by Gasteiger charge is -2.13. The normalized spacial score (nSPS) is 18.8. The first-order valence-electron chi connectivity index (χ1n) is 8.42. The van der Waals surface area contributed by atoms with Crippen LogP contribution in [0.25, 0.3) is 11.6 Å². The van der Waals surface area contributed by atoms with E-state index in [1.165, 1.54) is 6.07 Å². The standard InChI is InChI=1S/C19H14F4N4O/c1-28-15-6-10(5-14(16(15)20)19(21,22)23)12-7-13(12)11-8-26-18(27-9-11)17-24-3-2-4-25-17/h2-6,8-9,12-13H,7H2,1H3/t12-,13-/m0/s1. The van der Waals surface area contributed by atoms with Crippen LogP contribution < -0.4 is 4.74 Å². The molecule has 1 aliphatic rings. The summed E-state index contributed by atoms with van der Waals surface area (Å²) in [6.45, 7) is 0. The van der Waals surface area contributed by atoms with Crippen LogP contribution in [0.5, 0.6) is 5.75 Å². The second-order valence-corrected chi connectivity index (χ2v) is 6.44. The van der Waals surface area contributed by atoms with E-state index >= 15 is 0 Å². The molecule has 2 aromatic heterocycles. The lowest BCUT2D eigenvalue weighted by Crippen LogP contribution is -2.10. The Morgan fingerprint density at radius 2 is 1.54 bits per heavy atom. The van der Waals surface area contributed by atoms with E-state index in [1.54, 1.807) is 30.9 Å². The minimum absolute atomic E-state index is 0.0398. The molecule has 0 unspecified atom stereocenters. The summed E-state index contributed by atoms with van der Waals surface area (Å²) in [5.74, 6) is -1.28. The molecule has 0 N–H and O–H groups in total. The predicted octanol–water partition coefficient (Wildman–Crippen LogP) is 4.37. The molecule has 2 atom stereocenters. The fraction of sp³-hybridized carbons (Fsp3) is 0.263. The molecule has 0 aliphatic heterocycles. The Bertz CT molecular complexity index is 993. The number of aromatic nitrogens is 4. The number of alkyl halides is 3. The molecular formula is C19H14F4N4O. The quantitative estimate of drug-likeness (QED) is 0.619. The van der Waals surface area contributed by atoms with Crippen LogP contribution in [-0.4, -0.2) is 27.0 Å². The fourth-order valence-electron chi connectivity index (χ4n) is 3.18. The molecule has 9 heteroatoms. The fourth-order valence-corrected chi connectivity index (χ4v) is 3.18. The van der Waals surface area contributed by atoms with Crippen molar-refractivity contribution >= 4 is 0 Å². The second-order valence-electron chi connectivity index (χ2n) is 6.44. The van der Waals surface area contributed by atoms with Crippen LogP contribution in [0.2, 0.25) is 0 Å². The minimum Gasteiger partial charge on any atom is -0.494 e. The van der Waals surface area contributed by atoms with Crippen molar-refractivity contribution in [3.8, 4) is 17.4 Å². The number of hydrogen-bond donors (Lipinski definition) is 0. The van der Waals surface area contributed by atoms with Crippen LogP contribution in [-0.2, 0) is 6.18 Å². The molecule has 28 heavy (non-hydrogen) atoms. The van der Waals surface area contributed by atoms with Gasteiger partial charge in [0.2, 0.25) is 0 Å². The Morgan fingerprint density at radius 3 is 2.14 bits per heavy atom. The van der Waals surface area contributed by atoms with Crippen molar-refractivity contribution in [1.29, 1.82) is 0 Å². The van der Waals surface area contributed by atoms with Crippen molar-refractivity contribution < 1.29 is 22.3 Å². The van der Waals surface area contributed by atoms with Gasteiger partial charge in [-0.25, -0.2) is 24.3 Å². The van der Waals surface area contributed by atoms with E-state index in [0.29, 0.717) is 23.6 Å². The Kier molecular flexibility index (Phi) is 4.44. The largest absolute Gasteiger partial charge is 0.494 e. The summed E-state index contributed by atoms with van der Waals surface area (Å²) < 4.78 is 58.2. The number of halogens is 4.